The lowest BCUT2D eigenvalue weighted by Crippen LogP contribution is -2.41. The monoisotopic (exact) mass is 357 g/mol. The largest absolute Gasteiger partial charge is 0.495 e. The number of carbonyl (C=O) groups excluding carboxylic acids is 1. The summed E-state index contributed by atoms with van der Waals surface area (Å²) in [5, 5.41) is 2.48. The Morgan fingerprint density at radius 1 is 1.12 bits per heavy atom. The van der Waals surface area contributed by atoms with Gasteiger partial charge >= 0.3 is 13.3 Å². The first-order valence-corrected chi connectivity index (χ1v) is 8.12. The molecule has 2 rings (SSSR count). The molecule has 138 valence electrons. The summed E-state index contributed by atoms with van der Waals surface area (Å²) in [6.07, 6.45) is -4.60. The highest BCUT2D eigenvalue weighted by Gasteiger charge is 2.53. The van der Waals surface area contributed by atoms with E-state index in [9.17, 15) is 18.0 Å². The summed E-state index contributed by atoms with van der Waals surface area (Å²) in [5.74, 6) is -0.686. The summed E-state index contributed by atoms with van der Waals surface area (Å²) in [6, 6.07) is 3.64. The summed E-state index contributed by atoms with van der Waals surface area (Å²) in [6.45, 7) is 10.4. The zero-order chi connectivity index (χ0) is 19.2. The molecule has 0 atom stereocenters. The standard InChI is InChI=1S/C17H23BF3NO3/c1-10(2)14(23)22-11-7-8-13(12(9-11)17(19,20)21)18-24-15(3,4)16(5,6)25-18/h7-10H,1-6H3,(H,22,23). The van der Waals surface area contributed by atoms with Crippen molar-refractivity contribution < 1.29 is 27.3 Å². The number of carbonyl (C=O) groups is 1. The molecule has 0 spiro atoms. The van der Waals surface area contributed by atoms with E-state index in [-0.39, 0.29) is 23.0 Å². The second-order valence-electron chi connectivity index (χ2n) is 7.53. The van der Waals surface area contributed by atoms with Crippen LogP contribution in [0, 0.1) is 5.92 Å². The smallest absolute Gasteiger partial charge is 0.399 e. The van der Waals surface area contributed by atoms with Crippen molar-refractivity contribution in [2.24, 2.45) is 5.92 Å². The molecule has 0 bridgehead atoms. The molecule has 1 aromatic rings. The predicted molar refractivity (Wildman–Crippen MR) is 90.6 cm³/mol. The summed E-state index contributed by atoms with van der Waals surface area (Å²) in [5.41, 5.74) is -2.39. The Labute approximate surface area is 146 Å². The molecule has 0 unspecified atom stereocenters. The molecule has 1 fully saturated rings. The molecule has 0 aliphatic carbocycles. The summed E-state index contributed by atoms with van der Waals surface area (Å²) in [4.78, 5) is 11.7. The van der Waals surface area contributed by atoms with Gasteiger partial charge in [-0.1, -0.05) is 19.9 Å². The second-order valence-corrected chi connectivity index (χ2v) is 7.53. The molecule has 1 amide bonds. The van der Waals surface area contributed by atoms with E-state index in [1.165, 1.54) is 12.1 Å². The van der Waals surface area contributed by atoms with Crippen molar-refractivity contribution >= 4 is 24.2 Å². The number of hydrogen-bond donors (Lipinski definition) is 1. The Morgan fingerprint density at radius 3 is 2.08 bits per heavy atom. The van der Waals surface area contributed by atoms with Crippen LogP contribution in [0.3, 0.4) is 0 Å². The van der Waals surface area contributed by atoms with Gasteiger partial charge in [0.15, 0.2) is 0 Å². The highest BCUT2D eigenvalue weighted by atomic mass is 19.4. The van der Waals surface area contributed by atoms with Crippen LogP contribution in [-0.2, 0) is 20.3 Å². The Bertz CT molecular complexity index is 656. The minimum atomic E-state index is -4.60. The zero-order valence-corrected chi connectivity index (χ0v) is 15.2. The number of hydrogen-bond acceptors (Lipinski definition) is 3. The van der Waals surface area contributed by atoms with Crippen LogP contribution in [-0.4, -0.2) is 24.2 Å². The lowest BCUT2D eigenvalue weighted by Gasteiger charge is -2.32. The zero-order valence-electron chi connectivity index (χ0n) is 15.2. The normalized spacial score (nSPS) is 19.4. The van der Waals surface area contributed by atoms with Crippen LogP contribution in [0.25, 0.3) is 0 Å². The molecule has 4 nitrogen and oxygen atoms in total. The van der Waals surface area contributed by atoms with Gasteiger partial charge in [-0.15, -0.1) is 0 Å². The van der Waals surface area contributed by atoms with Crippen LogP contribution in [0.1, 0.15) is 47.1 Å². The molecule has 1 saturated heterocycles. The maximum atomic E-state index is 13.5. The molecule has 25 heavy (non-hydrogen) atoms. The van der Waals surface area contributed by atoms with Gasteiger partial charge in [-0.05, 0) is 45.3 Å². The van der Waals surface area contributed by atoms with E-state index in [1.807, 2.05) is 0 Å². The van der Waals surface area contributed by atoms with Crippen molar-refractivity contribution in [2.75, 3.05) is 5.32 Å². The van der Waals surface area contributed by atoms with Gasteiger partial charge in [0.2, 0.25) is 5.91 Å². The molecule has 1 aromatic carbocycles. The van der Waals surface area contributed by atoms with E-state index in [2.05, 4.69) is 5.32 Å². The van der Waals surface area contributed by atoms with Gasteiger partial charge in [0.05, 0.1) is 16.8 Å². The lowest BCUT2D eigenvalue weighted by molar-refractivity contribution is -0.136. The van der Waals surface area contributed by atoms with Crippen molar-refractivity contribution in [3.8, 4) is 0 Å². The van der Waals surface area contributed by atoms with Gasteiger partial charge in [0.1, 0.15) is 0 Å². The van der Waals surface area contributed by atoms with Gasteiger partial charge in [-0.3, -0.25) is 4.79 Å². The maximum Gasteiger partial charge on any atom is 0.495 e. The molecule has 1 heterocycles. The van der Waals surface area contributed by atoms with Gasteiger partial charge in [-0.2, -0.15) is 13.2 Å². The van der Waals surface area contributed by atoms with Crippen molar-refractivity contribution in [3.05, 3.63) is 23.8 Å². The fourth-order valence-electron chi connectivity index (χ4n) is 2.34. The molecule has 0 saturated carbocycles. The van der Waals surface area contributed by atoms with Crippen LogP contribution in [0.4, 0.5) is 18.9 Å². The number of rotatable bonds is 3. The van der Waals surface area contributed by atoms with Crippen LogP contribution in [0.5, 0.6) is 0 Å². The van der Waals surface area contributed by atoms with Crippen molar-refractivity contribution in [3.63, 3.8) is 0 Å². The fourth-order valence-corrected chi connectivity index (χ4v) is 2.34. The van der Waals surface area contributed by atoms with Crippen LogP contribution in [0.2, 0.25) is 0 Å². The number of halogens is 3. The SMILES string of the molecule is CC(C)C(=O)Nc1ccc(B2OC(C)(C)C(C)(C)O2)c(C(F)(F)F)c1. The van der Waals surface area contributed by atoms with E-state index in [1.54, 1.807) is 41.5 Å². The Balaban J connectivity index is 2.41. The molecule has 0 aromatic heterocycles. The van der Waals surface area contributed by atoms with Gasteiger partial charge < -0.3 is 14.6 Å². The molecule has 1 N–H and O–H groups in total. The third-order valence-electron chi connectivity index (χ3n) is 4.66. The van der Waals surface area contributed by atoms with E-state index < -0.39 is 30.1 Å². The number of alkyl halides is 3. The molecule has 1 aliphatic heterocycles. The minimum Gasteiger partial charge on any atom is -0.399 e. The average molecular weight is 357 g/mol. The highest BCUT2D eigenvalue weighted by Crippen LogP contribution is 2.38. The highest BCUT2D eigenvalue weighted by molar-refractivity contribution is 6.62. The number of amides is 1. The van der Waals surface area contributed by atoms with Gasteiger partial charge in [-0.25, -0.2) is 0 Å². The topological polar surface area (TPSA) is 47.6 Å². The summed E-state index contributed by atoms with van der Waals surface area (Å²) < 4.78 is 52.1. The fraction of sp³-hybridized carbons (Fsp3) is 0.588. The maximum absolute atomic E-state index is 13.5. The third kappa shape index (κ3) is 4.01. The van der Waals surface area contributed by atoms with Gasteiger partial charge in [0.25, 0.3) is 0 Å². The molecular weight excluding hydrogens is 334 g/mol. The predicted octanol–water partition coefficient (Wildman–Crippen LogP) is 3.60. The number of anilines is 1. The first-order chi connectivity index (χ1) is 11.2. The quantitative estimate of drug-likeness (QED) is 0.841. The number of nitrogens with one attached hydrogen (secondary N) is 1. The van der Waals surface area contributed by atoms with E-state index in [0.29, 0.717) is 0 Å². The van der Waals surface area contributed by atoms with Crippen molar-refractivity contribution in [1.29, 1.82) is 0 Å². The Kier molecular flexibility index (Phi) is 5.00. The first-order valence-electron chi connectivity index (χ1n) is 8.12. The second kappa shape index (κ2) is 6.32. The minimum absolute atomic E-state index is 0.0892. The van der Waals surface area contributed by atoms with Crippen LogP contribution < -0.4 is 10.8 Å². The molecule has 0 radical (unpaired) electrons. The van der Waals surface area contributed by atoms with Crippen molar-refractivity contribution in [2.45, 2.75) is 58.9 Å². The molecule has 8 heteroatoms. The average Bonchev–Trinajstić information content (AvgIpc) is 2.66. The third-order valence-corrected chi connectivity index (χ3v) is 4.66. The first kappa shape index (κ1) is 19.8. The van der Waals surface area contributed by atoms with Crippen molar-refractivity contribution in [1.82, 2.24) is 0 Å². The lowest BCUT2D eigenvalue weighted by atomic mass is 9.75. The Hall–Kier alpha value is -1.54. The van der Waals surface area contributed by atoms with E-state index in [4.69, 9.17) is 9.31 Å². The van der Waals surface area contributed by atoms with Crippen LogP contribution >= 0.6 is 0 Å². The van der Waals surface area contributed by atoms with Gasteiger partial charge in [0, 0.05) is 11.6 Å². The van der Waals surface area contributed by atoms with Crippen LogP contribution in [0.15, 0.2) is 18.2 Å². The van der Waals surface area contributed by atoms with E-state index >= 15 is 0 Å². The summed E-state index contributed by atoms with van der Waals surface area (Å²) in [7, 11) is -1.13. The molecule has 1 aliphatic rings. The summed E-state index contributed by atoms with van der Waals surface area (Å²) >= 11 is 0. The van der Waals surface area contributed by atoms with E-state index in [0.717, 1.165) is 6.07 Å². The molecular formula is C17H23BF3NO3. The Morgan fingerprint density at radius 2 is 1.64 bits per heavy atom. The number of benzene rings is 1.